The van der Waals surface area contributed by atoms with E-state index in [4.69, 9.17) is 6.58 Å². The Kier molecular flexibility index (Phi) is 5.52. The Labute approximate surface area is 216 Å². The van der Waals surface area contributed by atoms with Crippen LogP contribution in [0.4, 0.5) is 0 Å². The van der Waals surface area contributed by atoms with Gasteiger partial charge in [-0.25, -0.2) is 0 Å². The smallest absolute Gasteiger partial charge is 0.0317 e. The first-order chi connectivity index (χ1) is 17.3. The van der Waals surface area contributed by atoms with E-state index in [1.807, 2.05) is 0 Å². The quantitative estimate of drug-likeness (QED) is 0.357. The van der Waals surface area contributed by atoms with Gasteiger partial charge in [-0.1, -0.05) is 112 Å². The van der Waals surface area contributed by atoms with Gasteiger partial charge in [0.2, 0.25) is 0 Å². The van der Waals surface area contributed by atoms with E-state index in [-0.39, 0.29) is 5.41 Å². The van der Waals surface area contributed by atoms with Gasteiger partial charge in [-0.05, 0) is 98.8 Å². The van der Waals surface area contributed by atoms with E-state index < -0.39 is 0 Å². The molecule has 0 nitrogen and oxygen atoms in total. The minimum Gasteiger partial charge on any atom is -0.0949 e. The lowest BCUT2D eigenvalue weighted by molar-refractivity contribution is 0.590. The predicted molar refractivity (Wildman–Crippen MR) is 156 cm³/mol. The van der Waals surface area contributed by atoms with Gasteiger partial charge < -0.3 is 0 Å². The highest BCUT2D eigenvalue weighted by atomic mass is 14.4. The fourth-order valence-corrected chi connectivity index (χ4v) is 6.66. The standard InChI is InChI=1S/C36H36/c1-23(26-15-11-16-27(22-26)36(3,4)5)21-32-31-20-12-19-30-28-17-9-10-18-29(28)34(35(30)31)24(2)33(32)25-13-7-6-8-14-25/h6-8,11-16,19-20,22,34H,1-2,9-10,17-18,21H2,3-5H3. The van der Waals surface area contributed by atoms with Gasteiger partial charge >= 0.3 is 0 Å². The molecule has 3 aliphatic carbocycles. The number of hydrogen-bond donors (Lipinski definition) is 0. The van der Waals surface area contributed by atoms with Crippen LogP contribution >= 0.6 is 0 Å². The summed E-state index contributed by atoms with van der Waals surface area (Å²) in [5.74, 6) is 0.336. The van der Waals surface area contributed by atoms with Crippen LogP contribution in [0.15, 0.2) is 97.1 Å². The third-order valence-corrected chi connectivity index (χ3v) is 8.46. The second-order valence-corrected chi connectivity index (χ2v) is 11.8. The van der Waals surface area contributed by atoms with Crippen LogP contribution in [-0.2, 0) is 5.41 Å². The zero-order valence-electron chi connectivity index (χ0n) is 22.0. The minimum absolute atomic E-state index is 0.113. The van der Waals surface area contributed by atoms with Crippen LogP contribution in [0.25, 0.3) is 22.3 Å². The molecule has 3 aliphatic rings. The van der Waals surface area contributed by atoms with E-state index in [0.29, 0.717) is 5.92 Å². The summed E-state index contributed by atoms with van der Waals surface area (Å²) in [4.78, 5) is 0. The molecule has 1 unspecified atom stereocenters. The molecule has 0 bridgehead atoms. The fraction of sp³-hybridized carbons (Fsp3) is 0.278. The maximum atomic E-state index is 4.80. The van der Waals surface area contributed by atoms with Crippen molar-refractivity contribution in [3.05, 3.63) is 130 Å². The molecule has 0 N–H and O–H groups in total. The average Bonchev–Trinajstić information content (AvgIpc) is 3.23. The molecule has 0 spiro atoms. The molecule has 3 aromatic rings. The molecule has 0 amide bonds. The summed E-state index contributed by atoms with van der Waals surface area (Å²) in [7, 11) is 0. The number of benzene rings is 3. The van der Waals surface area contributed by atoms with Gasteiger partial charge in [0.15, 0.2) is 0 Å². The summed E-state index contributed by atoms with van der Waals surface area (Å²) in [6, 6.07) is 26.9. The van der Waals surface area contributed by atoms with Crippen LogP contribution in [0, 0.1) is 0 Å². The topological polar surface area (TPSA) is 0 Å². The van der Waals surface area contributed by atoms with Crippen molar-refractivity contribution in [3.8, 4) is 0 Å². The predicted octanol–water partition coefficient (Wildman–Crippen LogP) is 9.99. The van der Waals surface area contributed by atoms with E-state index in [1.54, 1.807) is 11.1 Å². The molecular weight excluding hydrogens is 432 g/mol. The monoisotopic (exact) mass is 468 g/mol. The molecule has 0 aromatic heterocycles. The Hall–Kier alpha value is -3.38. The van der Waals surface area contributed by atoms with Crippen molar-refractivity contribution in [1.82, 2.24) is 0 Å². The van der Waals surface area contributed by atoms with E-state index in [2.05, 4.69) is 100 Å². The van der Waals surface area contributed by atoms with Gasteiger partial charge in [-0.2, -0.15) is 0 Å². The second-order valence-electron chi connectivity index (χ2n) is 11.8. The van der Waals surface area contributed by atoms with Gasteiger partial charge in [0.1, 0.15) is 0 Å². The summed E-state index contributed by atoms with van der Waals surface area (Å²) >= 11 is 0. The van der Waals surface area contributed by atoms with Gasteiger partial charge in [0.25, 0.3) is 0 Å². The average molecular weight is 469 g/mol. The van der Waals surface area contributed by atoms with E-state index in [9.17, 15) is 0 Å². The number of allylic oxidation sites excluding steroid dienone is 6. The van der Waals surface area contributed by atoms with E-state index in [1.165, 1.54) is 81.4 Å². The summed E-state index contributed by atoms with van der Waals surface area (Å²) in [6.45, 7) is 16.3. The molecule has 3 aromatic carbocycles. The van der Waals surface area contributed by atoms with Crippen LogP contribution in [0.2, 0.25) is 0 Å². The highest BCUT2D eigenvalue weighted by Crippen LogP contribution is 2.59. The molecule has 36 heavy (non-hydrogen) atoms. The summed E-state index contributed by atoms with van der Waals surface area (Å²) in [5, 5.41) is 0. The number of rotatable bonds is 4. The highest BCUT2D eigenvalue weighted by Gasteiger charge is 2.40. The zero-order valence-corrected chi connectivity index (χ0v) is 22.0. The molecule has 0 heteroatoms. The fourth-order valence-electron chi connectivity index (χ4n) is 6.66. The molecule has 0 saturated carbocycles. The number of fused-ring (bicyclic) bond motifs is 2. The van der Waals surface area contributed by atoms with Crippen molar-refractivity contribution in [2.24, 2.45) is 0 Å². The van der Waals surface area contributed by atoms with Crippen LogP contribution in [-0.4, -0.2) is 0 Å². The van der Waals surface area contributed by atoms with E-state index >= 15 is 0 Å². The van der Waals surface area contributed by atoms with Crippen LogP contribution in [0.1, 0.15) is 92.2 Å². The Morgan fingerprint density at radius 3 is 2.36 bits per heavy atom. The van der Waals surface area contributed by atoms with Crippen molar-refractivity contribution >= 4 is 22.3 Å². The normalized spacial score (nSPS) is 18.9. The third-order valence-electron chi connectivity index (χ3n) is 8.46. The van der Waals surface area contributed by atoms with Gasteiger partial charge in [-0.3, -0.25) is 0 Å². The highest BCUT2D eigenvalue weighted by molar-refractivity contribution is 6.07. The lowest BCUT2D eigenvalue weighted by Gasteiger charge is -2.33. The summed E-state index contributed by atoms with van der Waals surface area (Å²) in [6.07, 6.45) is 5.83. The summed E-state index contributed by atoms with van der Waals surface area (Å²) < 4.78 is 0. The maximum absolute atomic E-state index is 4.80. The Morgan fingerprint density at radius 2 is 1.58 bits per heavy atom. The molecule has 0 saturated heterocycles. The third kappa shape index (κ3) is 3.66. The first-order valence-corrected chi connectivity index (χ1v) is 13.5. The lowest BCUT2D eigenvalue weighted by Crippen LogP contribution is -2.14. The van der Waals surface area contributed by atoms with E-state index in [0.717, 1.165) is 6.42 Å². The number of hydrogen-bond acceptors (Lipinski definition) is 0. The molecule has 180 valence electrons. The first-order valence-electron chi connectivity index (χ1n) is 13.5. The Balaban J connectivity index is 1.51. The molecular formula is C36H36. The SMILES string of the molecule is C=C(CC1=C(c2ccccc2)C(=C)C2C3=C(CCCC3)c3cccc1c32)c1cccc(C(C)(C)C)c1. The molecule has 0 fully saturated rings. The maximum Gasteiger partial charge on any atom is 0.0317 e. The molecule has 6 rings (SSSR count). The minimum atomic E-state index is 0.113. The molecule has 0 radical (unpaired) electrons. The molecule has 0 heterocycles. The van der Waals surface area contributed by atoms with Crippen molar-refractivity contribution < 1.29 is 0 Å². The van der Waals surface area contributed by atoms with Crippen LogP contribution in [0.3, 0.4) is 0 Å². The first kappa shape index (κ1) is 23.0. The summed E-state index contributed by atoms with van der Waals surface area (Å²) in [5.41, 5.74) is 16.8. The van der Waals surface area contributed by atoms with Crippen LogP contribution in [0.5, 0.6) is 0 Å². The van der Waals surface area contributed by atoms with Gasteiger partial charge in [0.05, 0.1) is 0 Å². The Bertz CT molecular complexity index is 1450. The largest absolute Gasteiger partial charge is 0.0949 e. The van der Waals surface area contributed by atoms with Crippen molar-refractivity contribution in [1.29, 1.82) is 0 Å². The van der Waals surface area contributed by atoms with Crippen LogP contribution < -0.4 is 0 Å². The van der Waals surface area contributed by atoms with Gasteiger partial charge in [0, 0.05) is 5.92 Å². The van der Waals surface area contributed by atoms with Crippen molar-refractivity contribution in [3.63, 3.8) is 0 Å². The lowest BCUT2D eigenvalue weighted by atomic mass is 9.70. The van der Waals surface area contributed by atoms with Gasteiger partial charge in [-0.15, -0.1) is 0 Å². The van der Waals surface area contributed by atoms with Crippen molar-refractivity contribution in [2.45, 2.75) is 64.2 Å². The molecule has 1 atom stereocenters. The van der Waals surface area contributed by atoms with Crippen molar-refractivity contribution in [2.75, 3.05) is 0 Å². The second kappa shape index (κ2) is 8.63. The zero-order chi connectivity index (χ0) is 25.0. The Morgan fingerprint density at radius 1 is 0.861 bits per heavy atom. The molecule has 0 aliphatic heterocycles.